The van der Waals surface area contributed by atoms with Crippen molar-refractivity contribution in [3.8, 4) is 23.1 Å². The molecule has 41 heavy (non-hydrogen) atoms. The van der Waals surface area contributed by atoms with Gasteiger partial charge in [-0.15, -0.1) is 0 Å². The van der Waals surface area contributed by atoms with E-state index in [2.05, 4.69) is 20.5 Å². The van der Waals surface area contributed by atoms with Gasteiger partial charge in [-0.25, -0.2) is 26.6 Å². The van der Waals surface area contributed by atoms with Crippen molar-refractivity contribution in [2.24, 2.45) is 0 Å². The molecule has 2 aromatic heterocycles. The van der Waals surface area contributed by atoms with Crippen LogP contribution in [0.15, 0.2) is 41.4 Å². The maximum absolute atomic E-state index is 15.7. The summed E-state index contributed by atoms with van der Waals surface area (Å²) >= 11 is 0. The summed E-state index contributed by atoms with van der Waals surface area (Å²) in [7, 11) is 0.625. The number of rotatable bonds is 10. The minimum atomic E-state index is -4.35. The molecule has 2 aromatic carbocycles. The number of nitriles is 1. The summed E-state index contributed by atoms with van der Waals surface area (Å²) < 4.78 is 77.4. The number of benzene rings is 2. The third-order valence-electron chi connectivity index (χ3n) is 6.22. The lowest BCUT2D eigenvalue weighted by Crippen LogP contribution is -2.27. The Kier molecular flexibility index (Phi) is 8.60. The van der Waals surface area contributed by atoms with Crippen molar-refractivity contribution >= 4 is 26.6 Å². The SMILES string of the molecule is COc1ncc(C#N)cc1S(=O)(=O)Cc1ccc(F)c(-c2ccc3c(C(=O)NCCCN(C)C)[nH]nc3c2F)c1F. The molecule has 0 saturated heterocycles. The molecule has 0 aliphatic heterocycles. The van der Waals surface area contributed by atoms with Crippen LogP contribution in [-0.2, 0) is 15.6 Å². The average Bonchev–Trinajstić information content (AvgIpc) is 3.38. The van der Waals surface area contributed by atoms with Gasteiger partial charge in [-0.2, -0.15) is 10.4 Å². The van der Waals surface area contributed by atoms with E-state index >= 15 is 8.78 Å². The number of pyridine rings is 1. The Bertz CT molecular complexity index is 1780. The fourth-order valence-corrected chi connectivity index (χ4v) is 5.70. The maximum atomic E-state index is 15.7. The number of hydrogen-bond donors (Lipinski definition) is 2. The van der Waals surface area contributed by atoms with Crippen molar-refractivity contribution in [2.45, 2.75) is 17.1 Å². The van der Waals surface area contributed by atoms with E-state index in [0.29, 0.717) is 13.0 Å². The molecule has 0 unspecified atom stereocenters. The van der Waals surface area contributed by atoms with E-state index in [1.165, 1.54) is 13.2 Å². The molecule has 0 fully saturated rings. The normalized spacial score (nSPS) is 11.6. The van der Waals surface area contributed by atoms with Gasteiger partial charge in [0.25, 0.3) is 5.91 Å². The maximum Gasteiger partial charge on any atom is 0.269 e. The van der Waals surface area contributed by atoms with E-state index in [9.17, 15) is 17.6 Å². The topological polar surface area (TPSA) is 141 Å². The lowest BCUT2D eigenvalue weighted by Gasteiger charge is -2.13. The Morgan fingerprint density at radius 2 is 1.93 bits per heavy atom. The molecule has 4 rings (SSSR count). The van der Waals surface area contributed by atoms with Crippen LogP contribution < -0.4 is 10.1 Å². The van der Waals surface area contributed by atoms with Gasteiger partial charge in [0.2, 0.25) is 5.88 Å². The number of aromatic amines is 1. The number of carbonyl (C=O) groups is 1. The van der Waals surface area contributed by atoms with Crippen molar-refractivity contribution in [2.75, 3.05) is 34.3 Å². The van der Waals surface area contributed by atoms with Crippen LogP contribution in [0.2, 0.25) is 0 Å². The number of amides is 1. The number of ether oxygens (including phenoxy) is 1. The van der Waals surface area contributed by atoms with E-state index in [4.69, 9.17) is 10.00 Å². The Balaban J connectivity index is 1.69. The fraction of sp³-hybridized carbons (Fsp3) is 0.259. The van der Waals surface area contributed by atoms with Crippen molar-refractivity contribution in [1.29, 1.82) is 5.26 Å². The van der Waals surface area contributed by atoms with Crippen molar-refractivity contribution in [3.63, 3.8) is 0 Å². The van der Waals surface area contributed by atoms with Crippen LogP contribution >= 0.6 is 0 Å². The molecule has 0 radical (unpaired) electrons. The first-order valence-corrected chi connectivity index (χ1v) is 13.9. The number of aromatic nitrogens is 3. The first kappa shape index (κ1) is 29.5. The summed E-state index contributed by atoms with van der Waals surface area (Å²) in [5, 5.41) is 18.2. The highest BCUT2D eigenvalue weighted by Gasteiger charge is 2.27. The molecule has 0 saturated carbocycles. The molecular formula is C27H25F3N6O4S. The van der Waals surface area contributed by atoms with Gasteiger partial charge in [-0.3, -0.25) is 9.89 Å². The molecule has 4 aromatic rings. The number of sulfone groups is 1. The average molecular weight is 587 g/mol. The summed E-state index contributed by atoms with van der Waals surface area (Å²) in [6.45, 7) is 1.11. The highest BCUT2D eigenvalue weighted by atomic mass is 32.2. The van der Waals surface area contributed by atoms with Gasteiger partial charge in [0, 0.05) is 29.3 Å². The molecular weight excluding hydrogens is 561 g/mol. The van der Waals surface area contributed by atoms with Crippen LogP contribution in [0, 0.1) is 28.8 Å². The molecule has 0 atom stereocenters. The molecule has 2 heterocycles. The predicted molar refractivity (Wildman–Crippen MR) is 143 cm³/mol. The van der Waals surface area contributed by atoms with Crippen LogP contribution in [0.5, 0.6) is 5.88 Å². The van der Waals surface area contributed by atoms with Crippen LogP contribution in [-0.4, -0.2) is 68.7 Å². The second-order valence-corrected chi connectivity index (χ2v) is 11.3. The number of H-pyrrole nitrogens is 1. The highest BCUT2D eigenvalue weighted by molar-refractivity contribution is 7.90. The van der Waals surface area contributed by atoms with E-state index in [1.807, 2.05) is 19.0 Å². The minimum Gasteiger partial charge on any atom is -0.480 e. The van der Waals surface area contributed by atoms with Gasteiger partial charge in [0.05, 0.1) is 24.0 Å². The third kappa shape index (κ3) is 6.01. The Morgan fingerprint density at radius 1 is 1.17 bits per heavy atom. The van der Waals surface area contributed by atoms with Gasteiger partial charge < -0.3 is 15.0 Å². The first-order chi connectivity index (χ1) is 19.5. The van der Waals surface area contributed by atoms with Gasteiger partial charge in [-0.1, -0.05) is 12.1 Å². The van der Waals surface area contributed by atoms with Gasteiger partial charge in [-0.05, 0) is 45.3 Å². The zero-order valence-corrected chi connectivity index (χ0v) is 23.1. The summed E-state index contributed by atoms with van der Waals surface area (Å²) in [5.74, 6) is -5.32. The molecule has 14 heteroatoms. The quantitative estimate of drug-likeness (QED) is 0.269. The largest absolute Gasteiger partial charge is 0.480 e. The summed E-state index contributed by atoms with van der Waals surface area (Å²) in [6, 6.07) is 6.96. The van der Waals surface area contributed by atoms with Crippen LogP contribution in [0.25, 0.3) is 22.0 Å². The van der Waals surface area contributed by atoms with E-state index < -0.39 is 60.5 Å². The fourth-order valence-electron chi connectivity index (χ4n) is 4.21. The molecule has 214 valence electrons. The third-order valence-corrected chi connectivity index (χ3v) is 7.88. The zero-order chi connectivity index (χ0) is 29.9. The Hall–Kier alpha value is -4.48. The van der Waals surface area contributed by atoms with Crippen molar-refractivity contribution in [3.05, 3.63) is 70.8 Å². The first-order valence-electron chi connectivity index (χ1n) is 12.2. The molecule has 2 N–H and O–H groups in total. The van der Waals surface area contributed by atoms with E-state index in [1.54, 1.807) is 6.07 Å². The van der Waals surface area contributed by atoms with Crippen molar-refractivity contribution < 1.29 is 31.1 Å². The number of fused-ring (bicyclic) bond motifs is 1. The number of hydrogen-bond acceptors (Lipinski definition) is 8. The van der Waals surface area contributed by atoms with Crippen LogP contribution in [0.1, 0.15) is 28.0 Å². The number of methoxy groups -OCH3 is 1. The highest BCUT2D eigenvalue weighted by Crippen LogP contribution is 2.35. The second kappa shape index (κ2) is 11.9. The van der Waals surface area contributed by atoms with Crippen LogP contribution in [0.4, 0.5) is 13.2 Å². The molecule has 0 spiro atoms. The van der Waals surface area contributed by atoms with Crippen molar-refractivity contribution in [1.82, 2.24) is 25.4 Å². The minimum absolute atomic E-state index is 0.0155. The number of nitrogens with zero attached hydrogens (tertiary/aromatic N) is 4. The summed E-state index contributed by atoms with van der Waals surface area (Å²) in [4.78, 5) is 17.9. The predicted octanol–water partition coefficient (Wildman–Crippen LogP) is 3.58. The summed E-state index contributed by atoms with van der Waals surface area (Å²) in [5.41, 5.74) is -2.17. The second-order valence-electron chi connectivity index (χ2n) is 9.33. The molecule has 10 nitrogen and oxygen atoms in total. The Morgan fingerprint density at radius 3 is 2.61 bits per heavy atom. The lowest BCUT2D eigenvalue weighted by atomic mass is 9.99. The van der Waals surface area contributed by atoms with E-state index in [0.717, 1.165) is 37.0 Å². The molecule has 1 amide bonds. The monoisotopic (exact) mass is 586 g/mol. The number of halogens is 3. The van der Waals surface area contributed by atoms with Gasteiger partial charge in [0.15, 0.2) is 15.7 Å². The zero-order valence-electron chi connectivity index (χ0n) is 22.3. The number of nitrogens with one attached hydrogen (secondary N) is 2. The smallest absolute Gasteiger partial charge is 0.269 e. The molecule has 0 aliphatic carbocycles. The summed E-state index contributed by atoms with van der Waals surface area (Å²) in [6.07, 6.45) is 1.80. The molecule has 0 aliphatic rings. The molecule has 0 bridgehead atoms. The van der Waals surface area contributed by atoms with Crippen LogP contribution in [0.3, 0.4) is 0 Å². The van der Waals surface area contributed by atoms with E-state index in [-0.39, 0.29) is 28.0 Å². The standard InChI is InChI=1S/C27H25F3N6O4S/c1-36(2)10-4-9-32-26(37)25-18-7-6-17(23(30)24(18)34-35-25)21-19(28)8-5-16(22(21)29)14-41(38,39)20-11-15(12-31)13-33-27(20)40-3/h5-8,11,13H,4,9-10,14H2,1-3H3,(H,32,37)(H,34,35). The van der Waals surface area contributed by atoms with Gasteiger partial charge in [0.1, 0.15) is 33.8 Å². The number of carbonyl (C=O) groups excluding carboxylic acids is 1. The van der Waals surface area contributed by atoms with Gasteiger partial charge >= 0.3 is 0 Å². The Labute approximate surface area is 233 Å². The lowest BCUT2D eigenvalue weighted by molar-refractivity contribution is 0.0949.